The smallest absolute Gasteiger partial charge is 0.306 e. The number of hydrogen-bond donors (Lipinski definition) is 4. The highest BCUT2D eigenvalue weighted by Crippen LogP contribution is 2.13. The normalized spacial score (nSPS) is 12.8. The van der Waals surface area contributed by atoms with Crippen molar-refractivity contribution in [3.63, 3.8) is 0 Å². The van der Waals surface area contributed by atoms with E-state index in [4.69, 9.17) is 10.2 Å². The highest BCUT2D eigenvalue weighted by molar-refractivity contribution is 5.87. The summed E-state index contributed by atoms with van der Waals surface area (Å²) in [5, 5.41) is 23.3. The molecule has 2 amide bonds. The Bertz CT molecular complexity index is 635. The summed E-state index contributed by atoms with van der Waals surface area (Å²) < 4.78 is 3.30. The number of rotatable bonds is 9. The lowest BCUT2D eigenvalue weighted by molar-refractivity contribution is -0.796. The van der Waals surface area contributed by atoms with Gasteiger partial charge in [0.15, 0.2) is 24.8 Å². The summed E-state index contributed by atoms with van der Waals surface area (Å²) in [6.07, 6.45) is 6.83. The average Bonchev–Trinajstić information content (AvgIpc) is 2.69. The van der Waals surface area contributed by atoms with Gasteiger partial charge in [-0.05, 0) is 0 Å². The second-order valence-electron chi connectivity index (χ2n) is 5.56. The monoisotopic (exact) mass is 360 g/mol. The molecule has 0 aliphatic carbocycles. The molecule has 2 rings (SSSR count). The Morgan fingerprint density at radius 3 is 1.35 bits per heavy atom. The number of aliphatic hydroxyl groups is 2. The van der Waals surface area contributed by atoms with Crippen molar-refractivity contribution in [2.24, 2.45) is 0 Å². The zero-order valence-corrected chi connectivity index (χ0v) is 14.4. The summed E-state index contributed by atoms with van der Waals surface area (Å²) >= 11 is 0. The van der Waals surface area contributed by atoms with Crippen molar-refractivity contribution in [2.45, 2.75) is 12.1 Å². The van der Waals surface area contributed by atoms with Gasteiger partial charge in [0, 0.05) is 37.4 Å². The number of nitrogens with one attached hydrogen (secondary N) is 2. The molecule has 0 spiro atoms. The molecule has 2 aromatic rings. The van der Waals surface area contributed by atoms with Crippen molar-refractivity contribution in [1.82, 2.24) is 10.6 Å². The van der Waals surface area contributed by atoms with Crippen LogP contribution in [0.3, 0.4) is 0 Å². The maximum absolute atomic E-state index is 12.8. The van der Waals surface area contributed by atoms with Gasteiger partial charge in [-0.1, -0.05) is 12.1 Å². The molecule has 2 atom stereocenters. The Balaban J connectivity index is 2.46. The lowest BCUT2D eigenvalue weighted by atomic mass is 10.0. The van der Waals surface area contributed by atoms with Gasteiger partial charge in [0.05, 0.1) is 13.2 Å². The van der Waals surface area contributed by atoms with Gasteiger partial charge in [-0.25, -0.2) is 0 Å². The SMILES string of the molecule is O=C(NCCO)C(C(C(=O)NCCO)[n+]1ccccc1)[n+]1ccccc1. The van der Waals surface area contributed by atoms with Crippen molar-refractivity contribution in [1.29, 1.82) is 0 Å². The van der Waals surface area contributed by atoms with E-state index in [1.165, 1.54) is 0 Å². The van der Waals surface area contributed by atoms with E-state index in [2.05, 4.69) is 10.6 Å². The summed E-state index contributed by atoms with van der Waals surface area (Å²) in [5.74, 6) is -0.786. The van der Waals surface area contributed by atoms with Crippen molar-refractivity contribution in [3.05, 3.63) is 61.2 Å². The molecular weight excluding hydrogens is 336 g/mol. The largest absolute Gasteiger partial charge is 0.395 e. The third kappa shape index (κ3) is 5.08. The Hall–Kier alpha value is -2.84. The van der Waals surface area contributed by atoms with Crippen LogP contribution in [0.25, 0.3) is 0 Å². The Morgan fingerprint density at radius 2 is 1.04 bits per heavy atom. The molecule has 0 bridgehead atoms. The first-order valence-electron chi connectivity index (χ1n) is 8.37. The van der Waals surface area contributed by atoms with Crippen LogP contribution in [-0.2, 0) is 9.59 Å². The second kappa shape index (κ2) is 10.2. The van der Waals surface area contributed by atoms with Crippen LogP contribution in [0.1, 0.15) is 12.1 Å². The molecule has 0 saturated carbocycles. The number of nitrogens with zero attached hydrogens (tertiary/aromatic N) is 2. The quantitative estimate of drug-likeness (QED) is 0.398. The van der Waals surface area contributed by atoms with E-state index in [0.29, 0.717) is 0 Å². The van der Waals surface area contributed by atoms with E-state index >= 15 is 0 Å². The lowest BCUT2D eigenvalue weighted by Gasteiger charge is -2.18. The van der Waals surface area contributed by atoms with Gasteiger partial charge in [0.1, 0.15) is 0 Å². The molecule has 2 aromatic heterocycles. The number of amides is 2. The first-order valence-corrected chi connectivity index (χ1v) is 8.37. The first kappa shape index (κ1) is 19.5. The molecule has 2 unspecified atom stereocenters. The van der Waals surface area contributed by atoms with E-state index < -0.39 is 23.9 Å². The third-order valence-electron chi connectivity index (χ3n) is 3.78. The second-order valence-corrected chi connectivity index (χ2v) is 5.56. The van der Waals surface area contributed by atoms with Crippen LogP contribution < -0.4 is 19.8 Å². The first-order chi connectivity index (χ1) is 12.7. The van der Waals surface area contributed by atoms with E-state index in [-0.39, 0.29) is 26.3 Å². The predicted molar refractivity (Wildman–Crippen MR) is 91.5 cm³/mol. The molecule has 0 fully saturated rings. The molecule has 0 radical (unpaired) electrons. The molecule has 0 aliphatic heterocycles. The fraction of sp³-hybridized carbons (Fsp3) is 0.333. The van der Waals surface area contributed by atoms with Crippen LogP contribution in [0.2, 0.25) is 0 Å². The minimum absolute atomic E-state index is 0.0904. The molecule has 0 aliphatic rings. The zero-order chi connectivity index (χ0) is 18.8. The van der Waals surface area contributed by atoms with Gasteiger partial charge < -0.3 is 20.8 Å². The average molecular weight is 360 g/mol. The molecule has 2 heterocycles. The van der Waals surface area contributed by atoms with Gasteiger partial charge >= 0.3 is 12.1 Å². The van der Waals surface area contributed by atoms with E-state index in [1.54, 1.807) is 58.2 Å². The van der Waals surface area contributed by atoms with Crippen molar-refractivity contribution >= 4 is 11.8 Å². The number of aliphatic hydroxyl groups excluding tert-OH is 2. The maximum atomic E-state index is 12.8. The summed E-state index contributed by atoms with van der Waals surface area (Å²) in [6, 6.07) is 8.94. The number of pyridine rings is 2. The Labute approximate surface area is 151 Å². The minimum atomic E-state index is -0.881. The summed E-state index contributed by atoms with van der Waals surface area (Å²) in [7, 11) is 0. The number of hydrogen-bond acceptors (Lipinski definition) is 4. The predicted octanol–water partition coefficient (Wildman–Crippen LogP) is -1.74. The fourth-order valence-corrected chi connectivity index (χ4v) is 2.65. The Morgan fingerprint density at radius 1 is 0.692 bits per heavy atom. The molecule has 8 heteroatoms. The zero-order valence-electron chi connectivity index (χ0n) is 14.4. The van der Waals surface area contributed by atoms with E-state index in [1.807, 2.05) is 12.1 Å². The van der Waals surface area contributed by atoms with Gasteiger partial charge in [-0.3, -0.25) is 9.59 Å². The molecule has 26 heavy (non-hydrogen) atoms. The number of aromatic nitrogens is 2. The number of carbonyl (C=O) groups is 2. The van der Waals surface area contributed by atoms with Gasteiger partial charge in [-0.15, -0.1) is 0 Å². The molecule has 8 nitrogen and oxygen atoms in total. The van der Waals surface area contributed by atoms with Crippen LogP contribution in [0.15, 0.2) is 61.2 Å². The van der Waals surface area contributed by atoms with Crippen molar-refractivity contribution < 1.29 is 28.9 Å². The van der Waals surface area contributed by atoms with Crippen LogP contribution in [0.4, 0.5) is 0 Å². The van der Waals surface area contributed by atoms with Crippen molar-refractivity contribution in [2.75, 3.05) is 26.3 Å². The fourth-order valence-electron chi connectivity index (χ4n) is 2.65. The Kier molecular flexibility index (Phi) is 7.66. The van der Waals surface area contributed by atoms with Gasteiger partial charge in [0.25, 0.3) is 11.8 Å². The topological polar surface area (TPSA) is 106 Å². The van der Waals surface area contributed by atoms with Crippen molar-refractivity contribution in [3.8, 4) is 0 Å². The van der Waals surface area contributed by atoms with E-state index in [0.717, 1.165) is 0 Å². The van der Waals surface area contributed by atoms with Gasteiger partial charge in [0.2, 0.25) is 0 Å². The van der Waals surface area contributed by atoms with Crippen LogP contribution >= 0.6 is 0 Å². The summed E-state index contributed by atoms with van der Waals surface area (Å²) in [4.78, 5) is 25.6. The van der Waals surface area contributed by atoms with E-state index in [9.17, 15) is 9.59 Å². The molecule has 138 valence electrons. The minimum Gasteiger partial charge on any atom is -0.395 e. The molecule has 4 N–H and O–H groups in total. The summed E-state index contributed by atoms with van der Waals surface area (Å²) in [6.45, 7) is -0.212. The van der Waals surface area contributed by atoms with Crippen LogP contribution in [-0.4, -0.2) is 48.3 Å². The lowest BCUT2D eigenvalue weighted by Crippen LogP contribution is -2.62. The van der Waals surface area contributed by atoms with Crippen LogP contribution in [0, 0.1) is 0 Å². The summed E-state index contributed by atoms with van der Waals surface area (Å²) in [5.41, 5.74) is 0. The number of carbonyl (C=O) groups excluding carboxylic acids is 2. The highest BCUT2D eigenvalue weighted by atomic mass is 16.3. The maximum Gasteiger partial charge on any atom is 0.306 e. The molecule has 0 saturated heterocycles. The molecular formula is C18H24N4O4+2. The standard InChI is InChI=1S/C18H22N4O4/c23-13-7-19-17(25)15(21-9-3-1-4-10-21)16(18(26)20-8-14-24)22-11-5-2-6-12-22/h1-6,9-12,15-16,23-24H,7-8,13-14H2/p+2. The highest BCUT2D eigenvalue weighted by Gasteiger charge is 2.47. The van der Waals surface area contributed by atoms with Crippen LogP contribution in [0.5, 0.6) is 0 Å². The molecule has 0 aromatic carbocycles. The third-order valence-corrected chi connectivity index (χ3v) is 3.78. The van der Waals surface area contributed by atoms with Gasteiger partial charge in [-0.2, -0.15) is 9.13 Å².